The summed E-state index contributed by atoms with van der Waals surface area (Å²) in [5, 5.41) is 14.5. The van der Waals surface area contributed by atoms with Crippen LogP contribution in [0, 0.1) is 0 Å². The maximum Gasteiger partial charge on any atom is 0.257 e. The van der Waals surface area contributed by atoms with Gasteiger partial charge in [-0.1, -0.05) is 23.2 Å². The molecule has 1 amide bonds. The molecule has 0 saturated carbocycles. The minimum absolute atomic E-state index is 0.00415. The molecular formula is C23H20Cl2N3O7S-. The Balaban J connectivity index is 1.48. The topological polar surface area (TPSA) is 147 Å². The van der Waals surface area contributed by atoms with Crippen LogP contribution in [-0.4, -0.2) is 51.6 Å². The summed E-state index contributed by atoms with van der Waals surface area (Å²) >= 11 is 11.9. The molecular weight excluding hydrogens is 533 g/mol. The summed E-state index contributed by atoms with van der Waals surface area (Å²) in [6, 6.07) is 11.3. The van der Waals surface area contributed by atoms with Crippen LogP contribution in [0.4, 0.5) is 5.69 Å². The van der Waals surface area contributed by atoms with Crippen LogP contribution < -0.4 is 19.9 Å². The number of carbonyl (C=O) groups is 2. The fraction of sp³-hybridized carbons (Fsp3) is 0.174. The number of anilines is 1. The molecule has 0 fully saturated rings. The Hall–Kier alpha value is -3.22. The van der Waals surface area contributed by atoms with Gasteiger partial charge in [0.05, 0.1) is 35.5 Å². The Morgan fingerprint density at radius 1 is 1.00 bits per heavy atom. The number of ether oxygens (including phenoxy) is 2. The molecule has 0 atom stereocenters. The van der Waals surface area contributed by atoms with Crippen LogP contribution in [-0.2, 0) is 14.8 Å². The lowest BCUT2D eigenvalue weighted by atomic mass is 10.1. The lowest BCUT2D eigenvalue weighted by molar-refractivity contribution is -0.254. The van der Waals surface area contributed by atoms with Gasteiger partial charge in [0, 0.05) is 29.5 Å². The molecule has 2 aromatic carbocycles. The molecule has 3 rings (SSSR count). The van der Waals surface area contributed by atoms with Crippen molar-refractivity contribution in [2.75, 3.05) is 31.7 Å². The lowest BCUT2D eigenvalue weighted by Crippen LogP contribution is -2.28. The van der Waals surface area contributed by atoms with Gasteiger partial charge < -0.3 is 24.7 Å². The van der Waals surface area contributed by atoms with Crippen molar-refractivity contribution in [3.8, 4) is 5.75 Å². The number of rotatable bonds is 12. The summed E-state index contributed by atoms with van der Waals surface area (Å²) in [5.41, 5.74) is -0.183. The quantitative estimate of drug-likeness (QED) is 0.325. The standard InChI is InChI=1S/C23H21Cl2N3O7S/c24-15-3-5-18(20(25)12-15)22(29)28-21-6-4-16(13-19(21)23(30)31)35-11-10-34-9-8-27-36(32,33)17-2-1-7-26-14-17/h1-7,12-14,27H,8-11H2,(H,28,29)(H,30,31)/p-1. The third kappa shape index (κ3) is 7.64. The monoisotopic (exact) mass is 552 g/mol. The highest BCUT2D eigenvalue weighted by Gasteiger charge is 2.15. The number of aromatic carboxylic acids is 1. The molecule has 1 heterocycles. The van der Waals surface area contributed by atoms with Gasteiger partial charge in [0.25, 0.3) is 5.91 Å². The first-order chi connectivity index (χ1) is 17.2. The van der Waals surface area contributed by atoms with Crippen molar-refractivity contribution in [2.24, 2.45) is 0 Å². The second kappa shape index (κ2) is 12.7. The SMILES string of the molecule is O=C(Nc1ccc(OCCOCCNS(=O)(=O)c2cccnc2)cc1C(=O)[O-])c1ccc(Cl)cc1Cl. The average Bonchev–Trinajstić information content (AvgIpc) is 2.84. The van der Waals surface area contributed by atoms with E-state index in [0.717, 1.165) is 0 Å². The molecule has 0 saturated heterocycles. The number of aromatic nitrogens is 1. The highest BCUT2D eigenvalue weighted by atomic mass is 35.5. The average molecular weight is 553 g/mol. The van der Waals surface area contributed by atoms with Crippen molar-refractivity contribution in [2.45, 2.75) is 4.90 Å². The molecule has 3 aromatic rings. The number of hydrogen-bond acceptors (Lipinski definition) is 8. The van der Waals surface area contributed by atoms with Crippen LogP contribution in [0.25, 0.3) is 0 Å². The fourth-order valence-corrected chi connectivity index (χ4v) is 4.38. The molecule has 0 spiro atoms. The number of sulfonamides is 1. The van der Waals surface area contributed by atoms with E-state index in [1.807, 2.05) is 0 Å². The van der Waals surface area contributed by atoms with E-state index >= 15 is 0 Å². The Morgan fingerprint density at radius 2 is 1.81 bits per heavy atom. The normalized spacial score (nSPS) is 11.2. The number of hydrogen-bond donors (Lipinski definition) is 2. The zero-order valence-corrected chi connectivity index (χ0v) is 20.9. The van der Waals surface area contributed by atoms with E-state index in [1.165, 1.54) is 60.9 Å². The predicted octanol–water partition coefficient (Wildman–Crippen LogP) is 2.38. The van der Waals surface area contributed by atoms with E-state index in [0.29, 0.717) is 5.02 Å². The van der Waals surface area contributed by atoms with Gasteiger partial charge in [0.2, 0.25) is 10.0 Å². The van der Waals surface area contributed by atoms with E-state index < -0.39 is 21.9 Å². The summed E-state index contributed by atoms with van der Waals surface area (Å²) in [4.78, 5) is 27.9. The van der Waals surface area contributed by atoms with Crippen molar-refractivity contribution in [1.82, 2.24) is 9.71 Å². The van der Waals surface area contributed by atoms with E-state index in [2.05, 4.69) is 15.0 Å². The maximum atomic E-state index is 12.5. The zero-order valence-electron chi connectivity index (χ0n) is 18.6. The van der Waals surface area contributed by atoms with Crippen LogP contribution in [0.1, 0.15) is 20.7 Å². The summed E-state index contributed by atoms with van der Waals surface area (Å²) in [7, 11) is -3.67. The van der Waals surface area contributed by atoms with Crippen molar-refractivity contribution in [3.05, 3.63) is 82.1 Å². The Morgan fingerprint density at radius 3 is 2.50 bits per heavy atom. The summed E-state index contributed by atoms with van der Waals surface area (Å²) < 4.78 is 37.4. The van der Waals surface area contributed by atoms with Gasteiger partial charge in [0.1, 0.15) is 17.3 Å². The van der Waals surface area contributed by atoms with Gasteiger partial charge in [-0.25, -0.2) is 13.1 Å². The van der Waals surface area contributed by atoms with Gasteiger partial charge in [0.15, 0.2) is 0 Å². The number of carbonyl (C=O) groups excluding carboxylic acids is 2. The second-order valence-electron chi connectivity index (χ2n) is 7.12. The molecule has 0 radical (unpaired) electrons. The number of benzene rings is 2. The molecule has 13 heteroatoms. The fourth-order valence-electron chi connectivity index (χ4n) is 2.91. The van der Waals surface area contributed by atoms with Gasteiger partial charge in [-0.2, -0.15) is 0 Å². The molecule has 0 unspecified atom stereocenters. The Bertz CT molecular complexity index is 1340. The van der Waals surface area contributed by atoms with Crippen LogP contribution in [0.5, 0.6) is 5.75 Å². The van der Waals surface area contributed by atoms with Crippen molar-refractivity contribution in [3.63, 3.8) is 0 Å². The van der Waals surface area contributed by atoms with Crippen molar-refractivity contribution in [1.29, 1.82) is 0 Å². The molecule has 10 nitrogen and oxygen atoms in total. The first kappa shape index (κ1) is 27.4. The molecule has 190 valence electrons. The highest BCUT2D eigenvalue weighted by Crippen LogP contribution is 2.25. The Labute approximate surface area is 217 Å². The maximum absolute atomic E-state index is 12.5. The smallest absolute Gasteiger partial charge is 0.257 e. The number of carboxylic acid groups (broad SMARTS) is 1. The number of pyridine rings is 1. The van der Waals surface area contributed by atoms with Crippen molar-refractivity contribution >= 4 is 50.8 Å². The molecule has 0 bridgehead atoms. The minimum atomic E-state index is -3.67. The Kier molecular flexibility index (Phi) is 9.62. The van der Waals surface area contributed by atoms with Crippen LogP contribution in [0.15, 0.2) is 65.8 Å². The largest absolute Gasteiger partial charge is 0.545 e. The highest BCUT2D eigenvalue weighted by molar-refractivity contribution is 7.89. The summed E-state index contributed by atoms with van der Waals surface area (Å²) in [5.74, 6) is -1.94. The van der Waals surface area contributed by atoms with Crippen LogP contribution >= 0.6 is 23.2 Å². The first-order valence-corrected chi connectivity index (χ1v) is 12.6. The van der Waals surface area contributed by atoms with Gasteiger partial charge in [-0.15, -0.1) is 0 Å². The summed E-state index contributed by atoms with van der Waals surface area (Å²) in [6.07, 6.45) is 2.71. The predicted molar refractivity (Wildman–Crippen MR) is 131 cm³/mol. The molecule has 0 aliphatic rings. The number of halogens is 2. The molecule has 36 heavy (non-hydrogen) atoms. The van der Waals surface area contributed by atoms with E-state index in [1.54, 1.807) is 0 Å². The van der Waals surface area contributed by atoms with Crippen molar-refractivity contribution < 1.29 is 32.6 Å². The van der Waals surface area contributed by atoms with Crippen LogP contribution in [0.2, 0.25) is 10.0 Å². The molecule has 0 aliphatic carbocycles. The number of nitrogens with zero attached hydrogens (tertiary/aromatic N) is 1. The zero-order chi connectivity index (χ0) is 26.1. The minimum Gasteiger partial charge on any atom is -0.545 e. The number of carboxylic acids is 1. The third-order valence-electron chi connectivity index (χ3n) is 4.61. The van der Waals surface area contributed by atoms with Gasteiger partial charge in [-0.3, -0.25) is 9.78 Å². The third-order valence-corrected chi connectivity index (χ3v) is 6.61. The number of amides is 1. The molecule has 0 aliphatic heterocycles. The van der Waals surface area contributed by atoms with E-state index in [9.17, 15) is 23.1 Å². The van der Waals surface area contributed by atoms with Gasteiger partial charge in [-0.05, 0) is 48.5 Å². The van der Waals surface area contributed by atoms with Gasteiger partial charge >= 0.3 is 0 Å². The lowest BCUT2D eigenvalue weighted by Gasteiger charge is -2.15. The van der Waals surface area contributed by atoms with E-state index in [-0.39, 0.29) is 58.8 Å². The number of nitrogens with one attached hydrogen (secondary N) is 2. The van der Waals surface area contributed by atoms with Crippen LogP contribution in [0.3, 0.4) is 0 Å². The van der Waals surface area contributed by atoms with E-state index in [4.69, 9.17) is 32.7 Å². The molecule has 2 N–H and O–H groups in total. The summed E-state index contributed by atoms with van der Waals surface area (Å²) in [6.45, 7) is 0.306. The first-order valence-electron chi connectivity index (χ1n) is 10.4. The second-order valence-corrected chi connectivity index (χ2v) is 9.73. The molecule has 1 aromatic heterocycles.